The van der Waals surface area contributed by atoms with E-state index in [0.29, 0.717) is 12.2 Å². The van der Waals surface area contributed by atoms with Gasteiger partial charge in [0, 0.05) is 19.8 Å². The highest BCUT2D eigenvalue weighted by molar-refractivity contribution is 5.91. The van der Waals surface area contributed by atoms with Crippen molar-refractivity contribution in [2.24, 2.45) is 7.05 Å². The lowest BCUT2D eigenvalue weighted by atomic mass is 10.4. The van der Waals surface area contributed by atoms with Gasteiger partial charge in [0.25, 0.3) is 5.91 Å². The van der Waals surface area contributed by atoms with E-state index in [-0.39, 0.29) is 5.91 Å². The van der Waals surface area contributed by atoms with Gasteiger partial charge < -0.3 is 9.88 Å². The van der Waals surface area contributed by atoms with E-state index in [9.17, 15) is 4.79 Å². The summed E-state index contributed by atoms with van der Waals surface area (Å²) in [6, 6.07) is 0. The first-order valence-corrected chi connectivity index (χ1v) is 3.50. The van der Waals surface area contributed by atoms with Gasteiger partial charge in [0.1, 0.15) is 5.69 Å². The van der Waals surface area contributed by atoms with Crippen molar-refractivity contribution in [3.05, 3.63) is 18.2 Å². The Bertz CT molecular complexity index is 254. The maximum Gasteiger partial charge on any atom is 0.271 e. The summed E-state index contributed by atoms with van der Waals surface area (Å²) in [6.07, 6.45) is 3.29. The first-order valence-electron chi connectivity index (χ1n) is 3.50. The van der Waals surface area contributed by atoms with Crippen LogP contribution < -0.4 is 5.32 Å². The summed E-state index contributed by atoms with van der Waals surface area (Å²) < 4.78 is 1.74. The lowest BCUT2D eigenvalue weighted by Gasteiger charge is -1.95. The van der Waals surface area contributed by atoms with Crippen molar-refractivity contribution in [3.8, 4) is 0 Å². The van der Waals surface area contributed by atoms with Crippen molar-refractivity contribution in [2.75, 3.05) is 6.54 Å². The number of aromatic nitrogens is 2. The van der Waals surface area contributed by atoms with Crippen LogP contribution in [0, 0.1) is 0 Å². The van der Waals surface area contributed by atoms with Crippen LogP contribution in [0.4, 0.5) is 0 Å². The standard InChI is InChI=1S/C7H11N3O/c1-3-8-7(11)6-4-10(2)5-9-6/h4-5H,3H2,1-2H3,(H,8,11). The summed E-state index contributed by atoms with van der Waals surface area (Å²) in [4.78, 5) is 15.0. The van der Waals surface area contributed by atoms with Gasteiger partial charge in [0.05, 0.1) is 6.33 Å². The second kappa shape index (κ2) is 3.18. The summed E-state index contributed by atoms with van der Waals surface area (Å²) in [7, 11) is 1.83. The highest BCUT2D eigenvalue weighted by atomic mass is 16.1. The number of hydrogen-bond acceptors (Lipinski definition) is 2. The molecule has 0 aliphatic rings. The second-order valence-corrected chi connectivity index (χ2v) is 2.28. The fourth-order valence-electron chi connectivity index (χ4n) is 0.781. The molecule has 1 aromatic heterocycles. The van der Waals surface area contributed by atoms with Crippen molar-refractivity contribution in [1.29, 1.82) is 0 Å². The third-order valence-electron chi connectivity index (χ3n) is 1.27. The number of aryl methyl sites for hydroxylation is 1. The van der Waals surface area contributed by atoms with E-state index in [0.717, 1.165) is 0 Å². The molecule has 1 amide bonds. The Hall–Kier alpha value is -1.32. The Kier molecular flexibility index (Phi) is 2.25. The van der Waals surface area contributed by atoms with Crippen LogP contribution in [0.5, 0.6) is 0 Å². The number of amides is 1. The molecule has 0 fully saturated rings. The van der Waals surface area contributed by atoms with Crippen LogP contribution in [0.25, 0.3) is 0 Å². The van der Waals surface area contributed by atoms with Gasteiger partial charge in [-0.3, -0.25) is 4.79 Å². The summed E-state index contributed by atoms with van der Waals surface area (Å²) in [5.74, 6) is -0.117. The zero-order chi connectivity index (χ0) is 8.27. The van der Waals surface area contributed by atoms with Gasteiger partial charge in [0.2, 0.25) is 0 Å². The van der Waals surface area contributed by atoms with Gasteiger partial charge in [-0.1, -0.05) is 0 Å². The Morgan fingerprint density at radius 2 is 2.55 bits per heavy atom. The van der Waals surface area contributed by atoms with Gasteiger partial charge in [-0.15, -0.1) is 0 Å². The van der Waals surface area contributed by atoms with Gasteiger partial charge in [-0.25, -0.2) is 4.98 Å². The van der Waals surface area contributed by atoms with Crippen LogP contribution in [0.1, 0.15) is 17.4 Å². The molecule has 0 atom stereocenters. The van der Waals surface area contributed by atoms with Crippen molar-refractivity contribution < 1.29 is 4.79 Å². The van der Waals surface area contributed by atoms with Crippen LogP contribution in [0.2, 0.25) is 0 Å². The van der Waals surface area contributed by atoms with E-state index in [4.69, 9.17) is 0 Å². The van der Waals surface area contributed by atoms with Gasteiger partial charge in [-0.05, 0) is 6.92 Å². The van der Waals surface area contributed by atoms with E-state index in [1.807, 2.05) is 14.0 Å². The summed E-state index contributed by atoms with van der Waals surface area (Å²) in [5.41, 5.74) is 0.467. The third kappa shape index (κ3) is 1.80. The monoisotopic (exact) mass is 153 g/mol. The molecule has 0 unspecified atom stereocenters. The number of hydrogen-bond donors (Lipinski definition) is 1. The SMILES string of the molecule is CCNC(=O)c1cn(C)cn1. The molecule has 60 valence electrons. The van der Waals surface area contributed by atoms with Crippen LogP contribution in [-0.2, 0) is 7.05 Å². The largest absolute Gasteiger partial charge is 0.351 e. The predicted octanol–water partition coefficient (Wildman–Crippen LogP) is 0.170. The van der Waals surface area contributed by atoms with E-state index < -0.39 is 0 Å². The Morgan fingerprint density at radius 1 is 1.82 bits per heavy atom. The molecule has 0 aromatic carbocycles. The summed E-state index contributed by atoms with van der Waals surface area (Å²) in [5, 5.41) is 2.66. The minimum atomic E-state index is -0.117. The molecule has 1 heterocycles. The fraction of sp³-hybridized carbons (Fsp3) is 0.429. The minimum Gasteiger partial charge on any atom is -0.351 e. The van der Waals surface area contributed by atoms with Gasteiger partial charge >= 0.3 is 0 Å². The van der Waals surface area contributed by atoms with Crippen molar-refractivity contribution in [2.45, 2.75) is 6.92 Å². The van der Waals surface area contributed by atoms with E-state index in [2.05, 4.69) is 10.3 Å². The molecule has 1 rings (SSSR count). The summed E-state index contributed by atoms with van der Waals surface area (Å²) in [6.45, 7) is 2.51. The van der Waals surface area contributed by atoms with E-state index in [1.54, 1.807) is 17.1 Å². The van der Waals surface area contributed by atoms with Crippen molar-refractivity contribution >= 4 is 5.91 Å². The number of carbonyl (C=O) groups is 1. The maximum absolute atomic E-state index is 11.1. The highest BCUT2D eigenvalue weighted by Gasteiger charge is 2.05. The predicted molar refractivity (Wildman–Crippen MR) is 41.2 cm³/mol. The quantitative estimate of drug-likeness (QED) is 0.658. The molecular formula is C7H11N3O. The second-order valence-electron chi connectivity index (χ2n) is 2.28. The normalized spacial score (nSPS) is 9.64. The zero-order valence-electron chi connectivity index (χ0n) is 6.66. The molecule has 0 aliphatic heterocycles. The number of imidazole rings is 1. The first kappa shape index (κ1) is 7.78. The molecule has 0 spiro atoms. The molecule has 11 heavy (non-hydrogen) atoms. The Labute approximate surface area is 65.2 Å². The molecule has 4 heteroatoms. The smallest absolute Gasteiger partial charge is 0.271 e. The highest BCUT2D eigenvalue weighted by Crippen LogP contribution is 1.92. The minimum absolute atomic E-state index is 0.117. The lowest BCUT2D eigenvalue weighted by molar-refractivity contribution is 0.0951. The molecule has 4 nitrogen and oxygen atoms in total. The van der Waals surface area contributed by atoms with E-state index in [1.165, 1.54) is 0 Å². The number of rotatable bonds is 2. The Balaban J connectivity index is 2.69. The number of carbonyl (C=O) groups excluding carboxylic acids is 1. The molecule has 1 aromatic rings. The third-order valence-corrected chi connectivity index (χ3v) is 1.27. The molecule has 0 saturated carbocycles. The lowest BCUT2D eigenvalue weighted by Crippen LogP contribution is -2.22. The average Bonchev–Trinajstić information content (AvgIpc) is 2.36. The maximum atomic E-state index is 11.1. The molecule has 0 saturated heterocycles. The van der Waals surface area contributed by atoms with Crippen LogP contribution in [0.15, 0.2) is 12.5 Å². The van der Waals surface area contributed by atoms with Crippen LogP contribution >= 0.6 is 0 Å². The molecule has 1 N–H and O–H groups in total. The van der Waals surface area contributed by atoms with Crippen LogP contribution in [-0.4, -0.2) is 22.0 Å². The average molecular weight is 153 g/mol. The summed E-state index contributed by atoms with van der Waals surface area (Å²) >= 11 is 0. The van der Waals surface area contributed by atoms with Gasteiger partial charge in [0.15, 0.2) is 0 Å². The van der Waals surface area contributed by atoms with Gasteiger partial charge in [-0.2, -0.15) is 0 Å². The molecule has 0 radical (unpaired) electrons. The number of nitrogens with zero attached hydrogens (tertiary/aromatic N) is 2. The van der Waals surface area contributed by atoms with Crippen LogP contribution in [0.3, 0.4) is 0 Å². The van der Waals surface area contributed by atoms with E-state index >= 15 is 0 Å². The zero-order valence-corrected chi connectivity index (χ0v) is 6.66. The van der Waals surface area contributed by atoms with Crippen molar-refractivity contribution in [1.82, 2.24) is 14.9 Å². The Morgan fingerprint density at radius 3 is 3.00 bits per heavy atom. The van der Waals surface area contributed by atoms with Crippen molar-refractivity contribution in [3.63, 3.8) is 0 Å². The molecule has 0 aliphatic carbocycles. The molecular weight excluding hydrogens is 142 g/mol. The topological polar surface area (TPSA) is 46.9 Å². The fourth-order valence-corrected chi connectivity index (χ4v) is 0.781. The first-order chi connectivity index (χ1) is 5.24. The number of nitrogens with one attached hydrogen (secondary N) is 1. The molecule has 0 bridgehead atoms.